The van der Waals surface area contributed by atoms with Crippen LogP contribution in [0.15, 0.2) is 69.0 Å². The molecule has 510 valence electrons. The van der Waals surface area contributed by atoms with Gasteiger partial charge in [0, 0.05) is 103 Å². The molecule has 90 heavy (non-hydrogen) atoms. The topological polar surface area (TPSA) is 320 Å². The Morgan fingerprint density at radius 2 is 1.50 bits per heavy atom. The molecule has 0 unspecified atom stereocenters. The van der Waals surface area contributed by atoms with Crippen molar-refractivity contribution >= 4 is 11.9 Å². The summed E-state index contributed by atoms with van der Waals surface area (Å²) in [5.41, 5.74) is 0.120. The molecule has 24 nitrogen and oxygen atoms in total. The summed E-state index contributed by atoms with van der Waals surface area (Å²) in [5, 5.41) is 91.2. The van der Waals surface area contributed by atoms with Crippen molar-refractivity contribution in [3.05, 3.63) is 58.7 Å². The lowest BCUT2D eigenvalue weighted by Gasteiger charge is -2.51. The van der Waals surface area contributed by atoms with Crippen LogP contribution >= 0.6 is 0 Å². The van der Waals surface area contributed by atoms with Crippen LogP contribution in [-0.2, 0) is 71.2 Å². The maximum absolute atomic E-state index is 14.3. The summed E-state index contributed by atoms with van der Waals surface area (Å²) in [5.74, 6) is -3.64. The molecule has 0 aromatic carbocycles. The second kappa shape index (κ2) is 33.5. The van der Waals surface area contributed by atoms with Crippen molar-refractivity contribution < 1.29 is 107 Å². The van der Waals surface area contributed by atoms with Crippen molar-refractivity contribution in [2.45, 2.75) is 280 Å². The second-order valence-electron chi connectivity index (χ2n) is 25.8. The molecule has 0 saturated carbocycles. The van der Waals surface area contributed by atoms with Crippen LogP contribution in [0.5, 0.6) is 0 Å². The molecular formula is C66H104N2O22. The minimum atomic E-state index is -2.56. The van der Waals surface area contributed by atoms with Gasteiger partial charge in [-0.2, -0.15) is 10.2 Å². The first-order valence-corrected chi connectivity index (χ1v) is 31.6. The number of ether oxygens (including phenoxy) is 13. The van der Waals surface area contributed by atoms with Crippen molar-refractivity contribution in [3.8, 4) is 12.3 Å². The van der Waals surface area contributed by atoms with Crippen molar-refractivity contribution in [2.75, 3.05) is 35.0 Å². The summed E-state index contributed by atoms with van der Waals surface area (Å²) >= 11 is 0. The molecule has 0 bridgehead atoms. The maximum Gasteiger partial charge on any atom is 0.334 e. The highest BCUT2D eigenvalue weighted by molar-refractivity contribution is 5.88. The summed E-state index contributed by atoms with van der Waals surface area (Å²) < 4.78 is 79.0. The van der Waals surface area contributed by atoms with Gasteiger partial charge in [0.1, 0.15) is 36.6 Å². The zero-order valence-corrected chi connectivity index (χ0v) is 55.2. The number of aliphatic hydroxyl groups is 7. The van der Waals surface area contributed by atoms with Gasteiger partial charge >= 0.3 is 11.9 Å². The molecule has 0 aromatic heterocycles. The molecular weight excluding hydrogens is 1170 g/mol. The van der Waals surface area contributed by atoms with Gasteiger partial charge in [-0.05, 0) is 74.3 Å². The fourth-order valence-corrected chi connectivity index (χ4v) is 12.9. The largest absolute Gasteiger partial charge is 0.456 e. The Morgan fingerprint density at radius 3 is 2.13 bits per heavy atom. The van der Waals surface area contributed by atoms with Gasteiger partial charge in [-0.3, -0.25) is 4.79 Å². The molecule has 4 fully saturated rings. The van der Waals surface area contributed by atoms with Crippen LogP contribution < -0.4 is 0 Å². The number of rotatable bonds is 21. The van der Waals surface area contributed by atoms with E-state index in [1.54, 1.807) is 47.6 Å². The average Bonchev–Trinajstić information content (AvgIpc) is 0.978. The van der Waals surface area contributed by atoms with E-state index in [1.165, 1.54) is 42.3 Å². The van der Waals surface area contributed by atoms with Crippen molar-refractivity contribution in [3.63, 3.8) is 0 Å². The molecule has 24 heteroatoms. The normalized spacial score (nSPS) is 43.3. The third-order valence-electron chi connectivity index (χ3n) is 18.4. The molecule has 0 spiro atoms. The fourth-order valence-electron chi connectivity index (χ4n) is 12.9. The number of carbonyl (C=O) groups is 2. The van der Waals surface area contributed by atoms with Crippen LogP contribution in [0.2, 0.25) is 0 Å². The predicted octanol–water partition coefficient (Wildman–Crippen LogP) is 5.49. The van der Waals surface area contributed by atoms with E-state index in [4.69, 9.17) is 68.0 Å². The lowest BCUT2D eigenvalue weighted by Crippen LogP contribution is -2.66. The van der Waals surface area contributed by atoms with Crippen molar-refractivity contribution in [1.29, 1.82) is 0 Å². The highest BCUT2D eigenvalue weighted by atomic mass is 16.7. The lowest BCUT2D eigenvalue weighted by atomic mass is 9.76. The zero-order valence-electron chi connectivity index (χ0n) is 55.2. The second-order valence-corrected chi connectivity index (χ2v) is 25.8. The summed E-state index contributed by atoms with van der Waals surface area (Å²) in [4.78, 5) is 27.7. The monoisotopic (exact) mass is 1280 g/mol. The van der Waals surface area contributed by atoms with Crippen LogP contribution in [-0.4, -0.2) is 222 Å². The van der Waals surface area contributed by atoms with Gasteiger partial charge in [0.05, 0.1) is 73.2 Å². The Labute approximate surface area is 531 Å². The van der Waals surface area contributed by atoms with Gasteiger partial charge in [0.2, 0.25) is 5.79 Å². The molecule has 0 aromatic rings. The third kappa shape index (κ3) is 19.6. The molecule has 0 amide bonds. The molecule has 4 saturated heterocycles. The van der Waals surface area contributed by atoms with E-state index in [2.05, 4.69) is 16.1 Å². The molecule has 6 rings (SSSR count). The number of hydrogen-bond donors (Lipinski definition) is 7. The van der Waals surface area contributed by atoms with Gasteiger partial charge in [0.15, 0.2) is 30.6 Å². The van der Waals surface area contributed by atoms with Crippen molar-refractivity contribution in [1.82, 2.24) is 0 Å². The first-order valence-electron chi connectivity index (χ1n) is 31.6. The highest BCUT2D eigenvalue weighted by Gasteiger charge is 2.58. The van der Waals surface area contributed by atoms with E-state index < -0.39 is 163 Å². The predicted molar refractivity (Wildman–Crippen MR) is 326 cm³/mol. The number of nitrogens with zero attached hydrogens (tertiary/aromatic N) is 2. The molecule has 0 aliphatic carbocycles. The van der Waals surface area contributed by atoms with E-state index in [0.717, 1.165) is 11.1 Å². The number of methoxy groups -OCH3 is 4. The minimum Gasteiger partial charge on any atom is -0.456 e. The molecule has 6 aliphatic heterocycles. The molecule has 7 N–H and O–H groups in total. The molecule has 6 aliphatic rings. The maximum atomic E-state index is 14.3. The Balaban J connectivity index is 1.21. The van der Waals surface area contributed by atoms with Crippen molar-refractivity contribution in [2.24, 2.45) is 28.0 Å². The van der Waals surface area contributed by atoms with Gasteiger partial charge < -0.3 is 97.3 Å². The third-order valence-corrected chi connectivity index (χ3v) is 18.4. The van der Waals surface area contributed by atoms with Crippen LogP contribution in [0.25, 0.3) is 0 Å². The Kier molecular flexibility index (Phi) is 27.9. The highest BCUT2D eigenvalue weighted by Crippen LogP contribution is 2.44. The fraction of sp³-hybridized carbons (Fsp3) is 0.788. The number of aliphatic hydroxyl groups excluding tert-OH is 5. The van der Waals surface area contributed by atoms with E-state index >= 15 is 0 Å². The van der Waals surface area contributed by atoms with Gasteiger partial charge in [0.25, 0.3) is 0 Å². The first-order chi connectivity index (χ1) is 42.4. The number of cyclic esters (lactones) is 1. The Bertz CT molecular complexity index is 2560. The number of terminal acetylenes is 1. The summed E-state index contributed by atoms with van der Waals surface area (Å²) in [6.45, 7) is 19.1. The molecule has 6 heterocycles. The standard InChI is InChI=1S/C66H104N2O22/c1-17-18-25-65(67-68-65)26-24-52(70)88-59-57(73)58(81-16)43(10)84-63(59)87-47-23-22-35(2)20-19-21-46(69)49(79-14)31-51(86-62(75)39(6)29-37(4)27-36(3)28-38(47)5)60(74)66(77)41(8)55(71)40(7)48(90-66)30-45(34-78-13)85-54-33-64(12,76)61(44(11)83-54)89-53-32-50(80-15)56(72)42(9)82-53/h1,20,22-23,27-29,38,40-51,53-61,63,69,71-74,76-77H,18-19,21,24-26,30-34H2,2-16H3/b23-22+,35-20+,36-28+,37-27+,39-29+/t38-,40+,41-,42-,43+,44+,45-,46+,47-,48-,49+,50-,51+,53+,54+,55+,56-,57-,58+,59+,60-,61+,63+,64+,66-/m1/s1. The summed E-state index contributed by atoms with van der Waals surface area (Å²) in [6.07, 6.45) is -2.35. The molecule has 25 atom stereocenters. The van der Waals surface area contributed by atoms with Crippen LogP contribution in [0.4, 0.5) is 0 Å². The van der Waals surface area contributed by atoms with E-state index in [9.17, 15) is 45.3 Å². The number of hydrogen-bond acceptors (Lipinski definition) is 24. The Morgan fingerprint density at radius 1 is 0.811 bits per heavy atom. The zero-order chi connectivity index (χ0) is 66.6. The van der Waals surface area contributed by atoms with Crippen LogP contribution in [0, 0.1) is 30.1 Å². The molecule has 0 radical (unpaired) electrons. The minimum absolute atomic E-state index is 0.00498. The summed E-state index contributed by atoms with van der Waals surface area (Å²) in [6, 6.07) is 0. The quantitative estimate of drug-likeness (QED) is 0.0551. The lowest BCUT2D eigenvalue weighted by molar-refractivity contribution is -0.366. The van der Waals surface area contributed by atoms with E-state index in [-0.39, 0.29) is 63.0 Å². The van der Waals surface area contributed by atoms with E-state index in [0.29, 0.717) is 24.8 Å². The SMILES string of the molecule is C#CCCC1(CCC(=O)O[C@@H]2[C@H](O[C@@H]3/C=C/C(C)=C/CC[C@H](O)[C@@H](OC)C[C@@H]([C@@H](O)[C@]4(O)O[C@H](C[C@H](COC)O[C@H]5C[C@](C)(O)[C@@H](O[C@H]6C[C@@H](OC)[C@H](O)[C@@H](C)O6)[C@H](C)O5)[C@H](C)[C@H](O)[C@H]4C)OC(=O)/C(C)=C/C(C)=C/C(C)=C/[C@H]3C)O[C@@H](C)[C@H](OC)[C@H]2O)N=N1. The van der Waals surface area contributed by atoms with E-state index in [1.807, 2.05) is 51.2 Å². The van der Waals surface area contributed by atoms with Crippen LogP contribution in [0.1, 0.15) is 140 Å². The first kappa shape index (κ1) is 75.1. The number of esters is 2. The Hall–Kier alpha value is -3.92. The number of allylic oxidation sites excluding steroid dienone is 7. The van der Waals surface area contributed by atoms with Gasteiger partial charge in [-0.25, -0.2) is 4.79 Å². The summed E-state index contributed by atoms with van der Waals surface area (Å²) in [7, 11) is 5.78. The van der Waals surface area contributed by atoms with Gasteiger partial charge in [-0.1, -0.05) is 67.9 Å². The smallest absolute Gasteiger partial charge is 0.334 e. The number of carbonyl (C=O) groups excluding carboxylic acids is 2. The van der Waals surface area contributed by atoms with Gasteiger partial charge in [-0.15, -0.1) is 12.3 Å². The van der Waals surface area contributed by atoms with Crippen LogP contribution in [0.3, 0.4) is 0 Å². The average molecular weight is 1280 g/mol.